The average Bonchev–Trinajstić information content (AvgIpc) is 2.56. The molecule has 1 rings (SSSR count). The van der Waals surface area contributed by atoms with Crippen molar-refractivity contribution in [1.82, 2.24) is 0 Å². The Morgan fingerprint density at radius 1 is 0.870 bits per heavy atom. The van der Waals surface area contributed by atoms with Crippen LogP contribution in [0.2, 0.25) is 0 Å². The SMILES string of the molecule is CCCCOC(=O)C(C(=O)OCCCC)=C(C)C1CCCCC1. The summed E-state index contributed by atoms with van der Waals surface area (Å²) < 4.78 is 10.6. The van der Waals surface area contributed by atoms with Crippen molar-refractivity contribution < 1.29 is 19.1 Å². The van der Waals surface area contributed by atoms with E-state index in [0.717, 1.165) is 56.9 Å². The summed E-state index contributed by atoms with van der Waals surface area (Å²) in [5.41, 5.74) is 0.997. The maximum atomic E-state index is 12.4. The van der Waals surface area contributed by atoms with Gasteiger partial charge >= 0.3 is 11.9 Å². The van der Waals surface area contributed by atoms with Gasteiger partial charge in [0.25, 0.3) is 0 Å². The second-order valence-corrected chi connectivity index (χ2v) is 6.37. The number of hydrogen-bond acceptors (Lipinski definition) is 4. The van der Waals surface area contributed by atoms with Crippen molar-refractivity contribution in [2.75, 3.05) is 13.2 Å². The van der Waals surface area contributed by atoms with E-state index < -0.39 is 11.9 Å². The van der Waals surface area contributed by atoms with Crippen LogP contribution in [-0.2, 0) is 19.1 Å². The minimum Gasteiger partial charge on any atom is -0.462 e. The molecule has 0 spiro atoms. The highest BCUT2D eigenvalue weighted by Gasteiger charge is 2.28. The Kier molecular flexibility index (Phi) is 9.65. The number of hydrogen-bond donors (Lipinski definition) is 0. The van der Waals surface area contributed by atoms with Crippen LogP contribution in [-0.4, -0.2) is 25.2 Å². The molecule has 0 heterocycles. The fourth-order valence-corrected chi connectivity index (χ4v) is 2.91. The number of unbranched alkanes of at least 4 members (excludes halogenated alkanes) is 2. The Hall–Kier alpha value is -1.32. The van der Waals surface area contributed by atoms with Gasteiger partial charge in [0.15, 0.2) is 0 Å². The van der Waals surface area contributed by atoms with Crippen LogP contribution in [0, 0.1) is 5.92 Å². The van der Waals surface area contributed by atoms with E-state index in [1.807, 2.05) is 20.8 Å². The molecule has 0 unspecified atom stereocenters. The fraction of sp³-hybridized carbons (Fsp3) is 0.789. The van der Waals surface area contributed by atoms with E-state index in [9.17, 15) is 9.59 Å². The maximum absolute atomic E-state index is 12.4. The fourth-order valence-electron chi connectivity index (χ4n) is 2.91. The zero-order valence-electron chi connectivity index (χ0n) is 15.0. The van der Waals surface area contributed by atoms with Crippen LogP contribution in [0.3, 0.4) is 0 Å². The second kappa shape index (κ2) is 11.3. The minimum absolute atomic E-state index is 0.143. The molecule has 0 aromatic heterocycles. The third-order valence-corrected chi connectivity index (χ3v) is 4.48. The van der Waals surface area contributed by atoms with Crippen LogP contribution in [0.15, 0.2) is 11.1 Å². The van der Waals surface area contributed by atoms with Crippen molar-refractivity contribution in [3.8, 4) is 0 Å². The highest BCUT2D eigenvalue weighted by Crippen LogP contribution is 2.31. The quantitative estimate of drug-likeness (QED) is 0.205. The van der Waals surface area contributed by atoms with Crippen molar-refractivity contribution in [1.29, 1.82) is 0 Å². The lowest BCUT2D eigenvalue weighted by Gasteiger charge is -2.24. The molecule has 0 atom stereocenters. The molecule has 0 radical (unpaired) electrons. The van der Waals surface area contributed by atoms with Crippen LogP contribution in [0.25, 0.3) is 0 Å². The van der Waals surface area contributed by atoms with E-state index in [1.165, 1.54) is 6.42 Å². The normalized spacial score (nSPS) is 15.1. The second-order valence-electron chi connectivity index (χ2n) is 6.37. The minimum atomic E-state index is -0.511. The van der Waals surface area contributed by atoms with E-state index in [2.05, 4.69) is 0 Å². The highest BCUT2D eigenvalue weighted by molar-refractivity contribution is 6.14. The largest absolute Gasteiger partial charge is 0.462 e. The first kappa shape index (κ1) is 19.7. The van der Waals surface area contributed by atoms with Gasteiger partial charge in [0, 0.05) is 0 Å². The van der Waals surface area contributed by atoms with Gasteiger partial charge < -0.3 is 9.47 Å². The van der Waals surface area contributed by atoms with Crippen LogP contribution in [0.5, 0.6) is 0 Å². The van der Waals surface area contributed by atoms with E-state index >= 15 is 0 Å². The molecule has 0 N–H and O–H groups in total. The monoisotopic (exact) mass is 324 g/mol. The molecule has 1 saturated carbocycles. The molecule has 0 bridgehead atoms. The van der Waals surface area contributed by atoms with Crippen LogP contribution >= 0.6 is 0 Å². The Morgan fingerprint density at radius 2 is 1.35 bits per heavy atom. The van der Waals surface area contributed by atoms with Crippen molar-refractivity contribution in [3.63, 3.8) is 0 Å². The Bertz CT molecular complexity index is 382. The third-order valence-electron chi connectivity index (χ3n) is 4.48. The zero-order chi connectivity index (χ0) is 17.1. The molecule has 132 valence electrons. The summed E-state index contributed by atoms with van der Waals surface area (Å²) in [6.07, 6.45) is 9.17. The van der Waals surface area contributed by atoms with Gasteiger partial charge in [0.1, 0.15) is 5.57 Å². The summed E-state index contributed by atoms with van der Waals surface area (Å²) in [6, 6.07) is 0. The van der Waals surface area contributed by atoms with E-state index in [1.54, 1.807) is 0 Å². The maximum Gasteiger partial charge on any atom is 0.345 e. The molecule has 0 aromatic rings. The highest BCUT2D eigenvalue weighted by atomic mass is 16.6. The van der Waals surface area contributed by atoms with Gasteiger partial charge in [-0.05, 0) is 44.1 Å². The van der Waals surface area contributed by atoms with Crippen LogP contribution in [0.1, 0.15) is 78.6 Å². The predicted molar refractivity (Wildman–Crippen MR) is 91.0 cm³/mol. The molecule has 0 aromatic carbocycles. The number of esters is 2. The van der Waals surface area contributed by atoms with Gasteiger partial charge in [-0.15, -0.1) is 0 Å². The molecule has 4 heteroatoms. The molecular weight excluding hydrogens is 292 g/mol. The Labute approximate surface area is 140 Å². The van der Waals surface area contributed by atoms with Crippen LogP contribution < -0.4 is 0 Å². The van der Waals surface area contributed by atoms with Crippen molar-refractivity contribution >= 4 is 11.9 Å². The average molecular weight is 324 g/mol. The van der Waals surface area contributed by atoms with E-state index in [-0.39, 0.29) is 5.57 Å². The summed E-state index contributed by atoms with van der Waals surface area (Å²) in [7, 11) is 0. The van der Waals surface area contributed by atoms with E-state index in [0.29, 0.717) is 19.1 Å². The van der Waals surface area contributed by atoms with Gasteiger partial charge in [-0.25, -0.2) is 9.59 Å². The van der Waals surface area contributed by atoms with E-state index in [4.69, 9.17) is 9.47 Å². The first-order valence-corrected chi connectivity index (χ1v) is 9.16. The molecule has 0 aliphatic heterocycles. The standard InChI is InChI=1S/C19H32O4/c1-4-6-13-22-18(20)17(19(21)23-14-7-5-2)15(3)16-11-9-8-10-12-16/h16H,4-14H2,1-3H3. The third kappa shape index (κ3) is 6.76. The first-order chi connectivity index (χ1) is 11.1. The summed E-state index contributed by atoms with van der Waals surface area (Å²) in [5, 5.41) is 0. The number of ether oxygens (including phenoxy) is 2. The molecule has 1 aliphatic rings. The van der Waals surface area contributed by atoms with Crippen LogP contribution in [0.4, 0.5) is 0 Å². The summed E-state index contributed by atoms with van der Waals surface area (Å²) >= 11 is 0. The molecule has 0 saturated heterocycles. The number of allylic oxidation sites excluding steroid dienone is 1. The van der Waals surface area contributed by atoms with Crippen molar-refractivity contribution in [3.05, 3.63) is 11.1 Å². The molecule has 23 heavy (non-hydrogen) atoms. The van der Waals surface area contributed by atoms with Gasteiger partial charge in [-0.3, -0.25) is 0 Å². The number of rotatable bonds is 9. The van der Waals surface area contributed by atoms with Gasteiger partial charge in [-0.2, -0.15) is 0 Å². The molecular formula is C19H32O4. The topological polar surface area (TPSA) is 52.6 Å². The van der Waals surface area contributed by atoms with Crippen molar-refractivity contribution in [2.45, 2.75) is 78.6 Å². The molecule has 1 fully saturated rings. The lowest BCUT2D eigenvalue weighted by atomic mass is 9.82. The summed E-state index contributed by atoms with van der Waals surface area (Å²) in [4.78, 5) is 24.8. The molecule has 0 amide bonds. The van der Waals surface area contributed by atoms with Gasteiger partial charge in [0.2, 0.25) is 0 Å². The van der Waals surface area contributed by atoms with Crippen molar-refractivity contribution in [2.24, 2.45) is 5.92 Å². The summed E-state index contributed by atoms with van der Waals surface area (Å²) in [6.45, 7) is 6.69. The first-order valence-electron chi connectivity index (χ1n) is 9.16. The lowest BCUT2D eigenvalue weighted by molar-refractivity contribution is -0.147. The smallest absolute Gasteiger partial charge is 0.345 e. The number of carbonyl (C=O) groups excluding carboxylic acids is 2. The van der Waals surface area contributed by atoms with Gasteiger partial charge in [-0.1, -0.05) is 46.0 Å². The lowest BCUT2D eigenvalue weighted by Crippen LogP contribution is -2.23. The molecule has 1 aliphatic carbocycles. The Morgan fingerprint density at radius 3 is 1.78 bits per heavy atom. The molecule has 4 nitrogen and oxygen atoms in total. The predicted octanol–water partition coefficient (Wildman–Crippen LogP) is 4.57. The Balaban J connectivity index is 2.84. The van der Waals surface area contributed by atoms with Gasteiger partial charge in [0.05, 0.1) is 13.2 Å². The number of carbonyl (C=O) groups is 2. The summed E-state index contributed by atoms with van der Waals surface area (Å²) in [5.74, 6) is -0.720. The zero-order valence-corrected chi connectivity index (χ0v) is 15.0.